The fourth-order valence-corrected chi connectivity index (χ4v) is 3.66. The van der Waals surface area contributed by atoms with Crippen molar-refractivity contribution in [1.29, 1.82) is 0 Å². The Kier molecular flexibility index (Phi) is 4.44. The van der Waals surface area contributed by atoms with Gasteiger partial charge in [0.25, 0.3) is 0 Å². The predicted octanol–water partition coefficient (Wildman–Crippen LogP) is 4.89. The van der Waals surface area contributed by atoms with Crippen molar-refractivity contribution < 1.29 is 0 Å². The molecule has 1 heteroatoms. The Hall–Kier alpha value is -1.86. The van der Waals surface area contributed by atoms with Gasteiger partial charge in [-0.3, -0.25) is 0 Å². The van der Waals surface area contributed by atoms with E-state index in [0.717, 1.165) is 6.54 Å². The van der Waals surface area contributed by atoms with Crippen molar-refractivity contribution in [1.82, 2.24) is 4.90 Å². The molecule has 0 aromatic heterocycles. The van der Waals surface area contributed by atoms with E-state index in [-0.39, 0.29) is 0 Å². The Labute approximate surface area is 134 Å². The van der Waals surface area contributed by atoms with Gasteiger partial charge >= 0.3 is 0 Å². The fourth-order valence-electron chi connectivity index (χ4n) is 3.66. The number of hydrogen-bond donors (Lipinski definition) is 0. The summed E-state index contributed by atoms with van der Waals surface area (Å²) in [5, 5.41) is 0. The minimum absolute atomic E-state index is 0.484. The van der Waals surface area contributed by atoms with Crippen LogP contribution in [0.2, 0.25) is 0 Å². The molecule has 1 aliphatic carbocycles. The maximum absolute atomic E-state index is 2.36. The minimum atomic E-state index is 0.484. The van der Waals surface area contributed by atoms with Gasteiger partial charge in [0, 0.05) is 12.5 Å². The van der Waals surface area contributed by atoms with Crippen LogP contribution in [0.5, 0.6) is 0 Å². The molecular formula is C21H25N. The summed E-state index contributed by atoms with van der Waals surface area (Å²) in [7, 11) is 4.32. The van der Waals surface area contributed by atoms with Crippen LogP contribution in [0, 0.1) is 5.92 Å². The molecule has 1 nitrogen and oxygen atoms in total. The van der Waals surface area contributed by atoms with Crippen LogP contribution >= 0.6 is 0 Å². The predicted molar refractivity (Wildman–Crippen MR) is 96.0 cm³/mol. The van der Waals surface area contributed by atoms with Crippen molar-refractivity contribution in [2.24, 2.45) is 5.92 Å². The zero-order valence-electron chi connectivity index (χ0n) is 13.8. The average molecular weight is 291 g/mol. The van der Waals surface area contributed by atoms with Gasteiger partial charge in [-0.15, -0.1) is 0 Å². The number of nitrogens with zero attached hydrogens (tertiary/aromatic N) is 1. The Morgan fingerprint density at radius 1 is 0.864 bits per heavy atom. The van der Waals surface area contributed by atoms with Gasteiger partial charge in [-0.05, 0) is 48.7 Å². The van der Waals surface area contributed by atoms with E-state index in [2.05, 4.69) is 86.6 Å². The van der Waals surface area contributed by atoms with Gasteiger partial charge in [0.05, 0.1) is 0 Å². The lowest BCUT2D eigenvalue weighted by Crippen LogP contribution is -2.21. The standard InChI is InChI=1S/C21H25N/c1-16(15-22(2)3)14-21-19-10-6-4-8-17(19)12-13-18-9-5-7-11-20(18)21/h4-13,16,21H,14-15H2,1-3H3. The number of fused-ring (bicyclic) bond motifs is 2. The zero-order chi connectivity index (χ0) is 15.5. The highest BCUT2D eigenvalue weighted by Gasteiger charge is 2.23. The number of hydrogen-bond acceptors (Lipinski definition) is 1. The normalized spacial score (nSPS) is 15.3. The Morgan fingerprint density at radius 3 is 1.86 bits per heavy atom. The molecule has 0 aliphatic heterocycles. The van der Waals surface area contributed by atoms with Crippen LogP contribution in [0.1, 0.15) is 41.5 Å². The van der Waals surface area contributed by atoms with E-state index in [9.17, 15) is 0 Å². The maximum Gasteiger partial charge on any atom is 0.0104 e. The summed E-state index contributed by atoms with van der Waals surface area (Å²) in [6, 6.07) is 17.7. The molecule has 1 aliphatic rings. The highest BCUT2D eigenvalue weighted by Crippen LogP contribution is 2.38. The second-order valence-electron chi connectivity index (χ2n) is 6.75. The summed E-state index contributed by atoms with van der Waals surface area (Å²) in [5.74, 6) is 1.15. The van der Waals surface area contributed by atoms with Gasteiger partial charge in [0.2, 0.25) is 0 Å². The van der Waals surface area contributed by atoms with Crippen LogP contribution in [0.25, 0.3) is 12.2 Å². The summed E-state index contributed by atoms with van der Waals surface area (Å²) in [5.41, 5.74) is 5.66. The van der Waals surface area contributed by atoms with Gasteiger partial charge < -0.3 is 4.90 Å². The lowest BCUT2D eigenvalue weighted by Gasteiger charge is -2.25. The Bertz CT molecular complexity index is 620. The van der Waals surface area contributed by atoms with Gasteiger partial charge in [0.15, 0.2) is 0 Å². The molecule has 0 N–H and O–H groups in total. The van der Waals surface area contributed by atoms with Crippen LogP contribution in [-0.2, 0) is 0 Å². The summed E-state index contributed by atoms with van der Waals surface area (Å²) >= 11 is 0. The van der Waals surface area contributed by atoms with Gasteiger partial charge in [0.1, 0.15) is 0 Å². The van der Waals surface area contributed by atoms with Crippen molar-refractivity contribution in [3.8, 4) is 0 Å². The van der Waals surface area contributed by atoms with Crippen LogP contribution in [0.3, 0.4) is 0 Å². The molecule has 0 fully saturated rings. The van der Waals surface area contributed by atoms with Crippen molar-refractivity contribution in [3.63, 3.8) is 0 Å². The summed E-state index contributed by atoms with van der Waals surface area (Å²) in [4.78, 5) is 2.29. The summed E-state index contributed by atoms with van der Waals surface area (Å²) in [6.45, 7) is 3.50. The molecule has 1 unspecified atom stereocenters. The minimum Gasteiger partial charge on any atom is -0.309 e. The number of rotatable bonds is 4. The van der Waals surface area contributed by atoms with Crippen molar-refractivity contribution in [3.05, 3.63) is 70.8 Å². The average Bonchev–Trinajstić information content (AvgIpc) is 2.65. The van der Waals surface area contributed by atoms with Gasteiger partial charge in [-0.25, -0.2) is 0 Å². The number of benzene rings is 2. The maximum atomic E-state index is 2.36. The lowest BCUT2D eigenvalue weighted by molar-refractivity contribution is 0.321. The molecule has 0 saturated heterocycles. The highest BCUT2D eigenvalue weighted by molar-refractivity contribution is 5.76. The molecule has 2 aromatic rings. The molecule has 22 heavy (non-hydrogen) atoms. The van der Waals surface area contributed by atoms with E-state index in [4.69, 9.17) is 0 Å². The third-order valence-electron chi connectivity index (χ3n) is 4.50. The van der Waals surface area contributed by atoms with Crippen LogP contribution in [-0.4, -0.2) is 25.5 Å². The van der Waals surface area contributed by atoms with Crippen LogP contribution in [0.15, 0.2) is 48.5 Å². The van der Waals surface area contributed by atoms with E-state index >= 15 is 0 Å². The van der Waals surface area contributed by atoms with Crippen molar-refractivity contribution >= 4 is 12.2 Å². The Morgan fingerprint density at radius 2 is 1.36 bits per heavy atom. The SMILES string of the molecule is CC(CC1c2ccccc2C=Cc2ccccc21)CN(C)C. The van der Waals surface area contributed by atoms with E-state index in [1.54, 1.807) is 0 Å². The molecule has 0 radical (unpaired) electrons. The van der Waals surface area contributed by atoms with Crippen molar-refractivity contribution in [2.75, 3.05) is 20.6 Å². The third kappa shape index (κ3) is 3.15. The first kappa shape index (κ1) is 15.1. The van der Waals surface area contributed by atoms with E-state index in [1.807, 2.05) is 0 Å². The molecule has 114 valence electrons. The largest absolute Gasteiger partial charge is 0.309 e. The van der Waals surface area contributed by atoms with Crippen LogP contribution < -0.4 is 0 Å². The van der Waals surface area contributed by atoms with E-state index < -0.39 is 0 Å². The summed E-state index contributed by atoms with van der Waals surface area (Å²) in [6.07, 6.45) is 5.73. The molecular weight excluding hydrogens is 266 g/mol. The molecule has 2 aromatic carbocycles. The highest BCUT2D eigenvalue weighted by atomic mass is 15.1. The zero-order valence-corrected chi connectivity index (χ0v) is 13.8. The first-order valence-electron chi connectivity index (χ1n) is 8.16. The topological polar surface area (TPSA) is 3.24 Å². The van der Waals surface area contributed by atoms with E-state index in [0.29, 0.717) is 11.8 Å². The van der Waals surface area contributed by atoms with E-state index in [1.165, 1.54) is 28.7 Å². The van der Waals surface area contributed by atoms with Gasteiger partial charge in [-0.2, -0.15) is 0 Å². The molecule has 0 bridgehead atoms. The quantitative estimate of drug-likeness (QED) is 0.775. The molecule has 1 atom stereocenters. The first-order valence-corrected chi connectivity index (χ1v) is 8.16. The summed E-state index contributed by atoms with van der Waals surface area (Å²) < 4.78 is 0. The third-order valence-corrected chi connectivity index (χ3v) is 4.50. The molecule has 0 saturated carbocycles. The molecule has 0 spiro atoms. The lowest BCUT2D eigenvalue weighted by atomic mass is 9.81. The first-order chi connectivity index (χ1) is 10.6. The smallest absolute Gasteiger partial charge is 0.0104 e. The van der Waals surface area contributed by atoms with Crippen LogP contribution in [0.4, 0.5) is 0 Å². The molecule has 3 rings (SSSR count). The second kappa shape index (κ2) is 6.50. The van der Waals surface area contributed by atoms with Gasteiger partial charge in [-0.1, -0.05) is 67.6 Å². The molecule has 0 heterocycles. The molecule has 0 amide bonds. The van der Waals surface area contributed by atoms with Crippen molar-refractivity contribution in [2.45, 2.75) is 19.3 Å². The monoisotopic (exact) mass is 291 g/mol. The Balaban J connectivity index is 2.01. The second-order valence-corrected chi connectivity index (χ2v) is 6.75. The fraction of sp³-hybridized carbons (Fsp3) is 0.333.